The van der Waals surface area contributed by atoms with Crippen molar-refractivity contribution in [3.63, 3.8) is 0 Å². The maximum atomic E-state index is 13.1. The quantitative estimate of drug-likeness (QED) is 0.295. The maximum absolute atomic E-state index is 13.1. The Kier molecular flexibility index (Phi) is 9.46. The molecule has 0 atom stereocenters. The van der Waals surface area contributed by atoms with E-state index in [1.54, 1.807) is 58.5 Å². The minimum Gasteiger partial charge on any atom is -0.442 e. The monoisotopic (exact) mass is 477 g/mol. The van der Waals surface area contributed by atoms with Crippen molar-refractivity contribution >= 4 is 35.2 Å². The van der Waals surface area contributed by atoms with E-state index in [9.17, 15) is 19.7 Å². The lowest BCUT2D eigenvalue weighted by atomic mass is 9.91. The Hall–Kier alpha value is -2.42. The van der Waals surface area contributed by atoms with E-state index < -0.39 is 28.1 Å². The molecular formula is C24H35N3O5S. The largest absolute Gasteiger partial charge is 0.442 e. The second kappa shape index (κ2) is 11.6. The van der Waals surface area contributed by atoms with E-state index in [0.717, 1.165) is 5.75 Å². The topological polar surface area (TPSA) is 111 Å². The van der Waals surface area contributed by atoms with E-state index in [2.05, 4.69) is 10.3 Å². The van der Waals surface area contributed by atoms with Gasteiger partial charge in [0, 0.05) is 17.9 Å². The summed E-state index contributed by atoms with van der Waals surface area (Å²) in [6, 6.07) is 6.03. The highest BCUT2D eigenvalue weighted by Crippen LogP contribution is 2.27. The number of nitro groups is 1. The molecule has 0 aromatic heterocycles. The van der Waals surface area contributed by atoms with Gasteiger partial charge < -0.3 is 10.1 Å². The number of non-ortho nitro benzene ring substituents is 1. The number of ether oxygens (including phenoxy) is 1. The molecule has 33 heavy (non-hydrogen) atoms. The van der Waals surface area contributed by atoms with Crippen LogP contribution in [0.3, 0.4) is 0 Å². The number of thioether (sulfide) groups is 1. The van der Waals surface area contributed by atoms with Crippen molar-refractivity contribution < 1.29 is 19.2 Å². The number of nitrogens with zero attached hydrogens (tertiary/aromatic N) is 2. The molecule has 2 rings (SSSR count). The minimum atomic E-state index is -0.824. The molecule has 182 valence electrons. The summed E-state index contributed by atoms with van der Waals surface area (Å²) in [6.45, 7) is 8.83. The first kappa shape index (κ1) is 26.8. The first-order valence-electron chi connectivity index (χ1n) is 11.3. The molecule has 0 spiro atoms. The lowest BCUT2D eigenvalue weighted by molar-refractivity contribution is -0.384. The summed E-state index contributed by atoms with van der Waals surface area (Å²) < 4.78 is 5.29. The third kappa shape index (κ3) is 9.15. The summed E-state index contributed by atoms with van der Waals surface area (Å²) >= 11 is 1.61. The Morgan fingerprint density at radius 3 is 2.27 bits per heavy atom. The Morgan fingerprint density at radius 2 is 1.73 bits per heavy atom. The predicted molar refractivity (Wildman–Crippen MR) is 132 cm³/mol. The van der Waals surface area contributed by atoms with Gasteiger partial charge in [-0.2, -0.15) is 16.8 Å². The third-order valence-corrected chi connectivity index (χ3v) is 6.61. The molecule has 0 saturated heterocycles. The highest BCUT2D eigenvalue weighted by molar-refractivity contribution is 8.00. The Morgan fingerprint density at radius 1 is 1.12 bits per heavy atom. The van der Waals surface area contributed by atoms with Crippen LogP contribution in [0, 0.1) is 16.0 Å². The molecule has 2 amide bonds. The fourth-order valence-electron chi connectivity index (χ4n) is 3.65. The van der Waals surface area contributed by atoms with Crippen LogP contribution in [0.15, 0.2) is 29.3 Å². The van der Waals surface area contributed by atoms with Crippen molar-refractivity contribution in [3.8, 4) is 0 Å². The molecule has 1 aromatic rings. The molecule has 1 aliphatic carbocycles. The fraction of sp³-hybridized carbons (Fsp3) is 0.625. The molecule has 1 N–H and O–H groups in total. The van der Waals surface area contributed by atoms with Crippen molar-refractivity contribution in [2.75, 3.05) is 11.5 Å². The second-order valence-corrected chi connectivity index (χ2v) is 11.0. The number of nitrogens with one attached hydrogen (secondary N) is 1. The summed E-state index contributed by atoms with van der Waals surface area (Å²) in [5.41, 5.74) is -0.746. The third-order valence-electron chi connectivity index (χ3n) is 5.42. The van der Waals surface area contributed by atoms with Crippen molar-refractivity contribution in [1.82, 2.24) is 5.32 Å². The molecule has 0 unspecified atom stereocenters. The average molecular weight is 478 g/mol. The van der Waals surface area contributed by atoms with Crippen LogP contribution >= 0.6 is 11.8 Å². The second-order valence-electron chi connectivity index (χ2n) is 9.94. The standard InChI is InChI=1S/C24H35N3O5S/c1-23(2,3)32-22(29)25-20(16-33-15-17-9-7-6-8-10-17)21(28)26-24(4,5)18-11-13-19(14-12-18)27(30)31/h11-14,17H,6-10,15-16H2,1-5H3,(H,26,28). The van der Waals surface area contributed by atoms with E-state index in [-0.39, 0.29) is 11.4 Å². The summed E-state index contributed by atoms with van der Waals surface area (Å²) in [4.78, 5) is 39.9. The minimum absolute atomic E-state index is 0.0211. The van der Waals surface area contributed by atoms with Crippen LogP contribution in [0.1, 0.15) is 72.3 Å². The van der Waals surface area contributed by atoms with Gasteiger partial charge in [0.1, 0.15) is 11.3 Å². The van der Waals surface area contributed by atoms with Gasteiger partial charge >= 0.3 is 6.09 Å². The lowest BCUT2D eigenvalue weighted by Gasteiger charge is -2.27. The van der Waals surface area contributed by atoms with Crippen LogP contribution in [-0.4, -0.2) is 39.7 Å². The number of amides is 2. The van der Waals surface area contributed by atoms with E-state index in [1.165, 1.54) is 44.2 Å². The highest BCUT2D eigenvalue weighted by Gasteiger charge is 2.27. The van der Waals surface area contributed by atoms with E-state index in [4.69, 9.17) is 4.74 Å². The van der Waals surface area contributed by atoms with Gasteiger partial charge in [0.25, 0.3) is 11.6 Å². The fourth-order valence-corrected chi connectivity index (χ4v) is 4.82. The Labute approximate surface area is 200 Å². The first-order chi connectivity index (χ1) is 15.4. The smallest absolute Gasteiger partial charge is 0.434 e. The zero-order valence-corrected chi connectivity index (χ0v) is 21.0. The molecule has 0 radical (unpaired) electrons. The number of hydrogen-bond acceptors (Lipinski definition) is 6. The van der Waals surface area contributed by atoms with E-state index >= 15 is 0 Å². The normalized spacial score (nSPS) is 15.7. The van der Waals surface area contributed by atoms with Crippen LogP contribution in [0.4, 0.5) is 10.5 Å². The van der Waals surface area contributed by atoms with Gasteiger partial charge in [0.15, 0.2) is 0 Å². The molecule has 1 aliphatic rings. The summed E-state index contributed by atoms with van der Waals surface area (Å²) in [7, 11) is 0. The first-order valence-corrected chi connectivity index (χ1v) is 12.5. The average Bonchev–Trinajstić information content (AvgIpc) is 2.72. The van der Waals surface area contributed by atoms with Gasteiger partial charge in [-0.05, 0) is 76.8 Å². The number of rotatable bonds is 8. The van der Waals surface area contributed by atoms with Crippen LogP contribution in [0.25, 0.3) is 0 Å². The van der Waals surface area contributed by atoms with Gasteiger partial charge in [0.2, 0.25) is 0 Å². The summed E-state index contributed by atoms with van der Waals surface area (Å²) in [5, 5.41) is 13.8. The molecule has 1 saturated carbocycles. The lowest BCUT2D eigenvalue weighted by Crippen LogP contribution is -2.45. The zero-order chi connectivity index (χ0) is 24.6. The van der Waals surface area contributed by atoms with Gasteiger partial charge in [-0.15, -0.1) is 0 Å². The number of nitro benzene ring substituents is 1. The van der Waals surface area contributed by atoms with Crippen LogP contribution in [-0.2, 0) is 15.1 Å². The van der Waals surface area contributed by atoms with Crippen molar-refractivity contribution in [2.24, 2.45) is 10.9 Å². The van der Waals surface area contributed by atoms with Crippen molar-refractivity contribution in [2.45, 2.75) is 77.9 Å². The summed E-state index contributed by atoms with van der Waals surface area (Å²) in [6.07, 6.45) is 5.38. The number of aliphatic imine (C=N–C) groups is 1. The Bertz CT molecular complexity index is 869. The Balaban J connectivity index is 2.12. The number of hydrogen-bond donors (Lipinski definition) is 1. The molecule has 1 aromatic carbocycles. The number of carbonyl (C=O) groups is 2. The zero-order valence-electron chi connectivity index (χ0n) is 20.2. The SMILES string of the molecule is CC(C)(C)OC(=O)N=C(CSCC1CCCCC1)C(=O)NC(C)(C)c1ccc([N+](=O)[O-])cc1. The van der Waals surface area contributed by atoms with E-state index in [1.807, 2.05) is 0 Å². The molecule has 8 nitrogen and oxygen atoms in total. The highest BCUT2D eigenvalue weighted by atomic mass is 32.2. The van der Waals surface area contributed by atoms with Gasteiger partial charge in [0.05, 0.1) is 10.5 Å². The summed E-state index contributed by atoms with van der Waals surface area (Å²) in [5.74, 6) is 1.40. The molecule has 1 fully saturated rings. The maximum Gasteiger partial charge on any atom is 0.434 e. The van der Waals surface area contributed by atoms with Crippen molar-refractivity contribution in [3.05, 3.63) is 39.9 Å². The molecule has 0 heterocycles. The predicted octanol–water partition coefficient (Wildman–Crippen LogP) is 5.64. The van der Waals surface area contributed by atoms with Crippen molar-refractivity contribution in [1.29, 1.82) is 0 Å². The molecule has 0 bridgehead atoms. The van der Waals surface area contributed by atoms with Gasteiger partial charge in [-0.1, -0.05) is 19.3 Å². The van der Waals surface area contributed by atoms with Gasteiger partial charge in [-0.3, -0.25) is 14.9 Å². The number of benzene rings is 1. The molecule has 0 aliphatic heterocycles. The van der Waals surface area contributed by atoms with Crippen LogP contribution in [0.2, 0.25) is 0 Å². The molecular weight excluding hydrogens is 442 g/mol. The molecule has 9 heteroatoms. The van der Waals surface area contributed by atoms with Crippen LogP contribution < -0.4 is 5.32 Å². The van der Waals surface area contributed by atoms with E-state index in [0.29, 0.717) is 17.2 Å². The van der Waals surface area contributed by atoms with Gasteiger partial charge in [-0.25, -0.2) is 4.79 Å². The van der Waals surface area contributed by atoms with Crippen LogP contribution in [0.5, 0.6) is 0 Å². The number of carbonyl (C=O) groups excluding carboxylic acids is 2.